The second-order valence-corrected chi connectivity index (χ2v) is 12.5. The molecule has 0 saturated heterocycles. The second-order valence-electron chi connectivity index (χ2n) is 9.79. The summed E-state index contributed by atoms with van der Waals surface area (Å²) in [5.74, 6) is -0.872. The molecule has 3 aromatic rings. The smallest absolute Gasteiger partial charge is 0.244 e. The van der Waals surface area contributed by atoms with E-state index in [4.69, 9.17) is 23.2 Å². The van der Waals surface area contributed by atoms with Gasteiger partial charge in [-0.05, 0) is 66.8 Å². The maximum atomic E-state index is 14.1. The lowest BCUT2D eigenvalue weighted by Gasteiger charge is -2.33. The van der Waals surface area contributed by atoms with E-state index in [0.29, 0.717) is 27.8 Å². The van der Waals surface area contributed by atoms with Crippen molar-refractivity contribution in [1.29, 1.82) is 0 Å². The van der Waals surface area contributed by atoms with E-state index >= 15 is 0 Å². The fourth-order valence-corrected chi connectivity index (χ4v) is 5.56. The van der Waals surface area contributed by atoms with Crippen molar-refractivity contribution in [3.8, 4) is 0 Å². The Balaban J connectivity index is 2.08. The normalized spacial score (nSPS) is 12.1. The van der Waals surface area contributed by atoms with E-state index in [2.05, 4.69) is 5.32 Å². The number of hydrogen-bond donors (Lipinski definition) is 1. The van der Waals surface area contributed by atoms with Crippen molar-refractivity contribution in [2.24, 2.45) is 0 Å². The Labute approximate surface area is 247 Å². The summed E-state index contributed by atoms with van der Waals surface area (Å²) in [7, 11) is -3.84. The minimum Gasteiger partial charge on any atom is -0.354 e. The third kappa shape index (κ3) is 8.46. The molecule has 0 saturated carbocycles. The molecule has 0 radical (unpaired) electrons. The topological polar surface area (TPSA) is 86.8 Å². The first-order chi connectivity index (χ1) is 18.9. The van der Waals surface area contributed by atoms with Crippen molar-refractivity contribution in [1.82, 2.24) is 10.2 Å². The highest BCUT2D eigenvalue weighted by Gasteiger charge is 2.33. The number of sulfonamides is 1. The molecule has 3 rings (SSSR count). The van der Waals surface area contributed by atoms with Crippen LogP contribution in [0.3, 0.4) is 0 Å². The van der Waals surface area contributed by atoms with Gasteiger partial charge in [0.05, 0.1) is 11.9 Å². The molecule has 214 valence electrons. The Bertz CT molecular complexity index is 1450. The number of halogens is 2. The molecule has 0 aliphatic heterocycles. The molecule has 1 N–H and O–H groups in total. The van der Waals surface area contributed by atoms with Gasteiger partial charge in [-0.15, -0.1) is 0 Å². The standard InChI is InChI=1S/C30H35Cl2N3O4S/c1-5-15-33-30(37)28(17-23-9-7-6-8-10-23)34(19-24-12-13-25(31)18-27(24)32)29(36)20-35(40(4,38)39)26-14-11-21(2)22(3)16-26/h6-14,16,18,28H,5,15,17,19-20H2,1-4H3,(H,33,37). The molecule has 2 amide bonds. The summed E-state index contributed by atoms with van der Waals surface area (Å²) in [6.45, 7) is 5.68. The fourth-order valence-electron chi connectivity index (χ4n) is 4.25. The number of nitrogens with one attached hydrogen (secondary N) is 1. The van der Waals surface area contributed by atoms with Crippen LogP contribution in [0.15, 0.2) is 66.7 Å². The van der Waals surface area contributed by atoms with Crippen molar-refractivity contribution < 1.29 is 18.0 Å². The van der Waals surface area contributed by atoms with Crippen molar-refractivity contribution in [3.05, 3.63) is 99.0 Å². The number of amides is 2. The monoisotopic (exact) mass is 603 g/mol. The van der Waals surface area contributed by atoms with Gasteiger partial charge in [0.2, 0.25) is 21.8 Å². The van der Waals surface area contributed by atoms with Crippen LogP contribution in [0, 0.1) is 13.8 Å². The molecule has 1 atom stereocenters. The van der Waals surface area contributed by atoms with E-state index in [9.17, 15) is 18.0 Å². The Hall–Kier alpha value is -3.07. The Morgan fingerprint density at radius 1 is 0.950 bits per heavy atom. The first-order valence-corrected chi connectivity index (χ1v) is 15.6. The molecule has 0 bridgehead atoms. The quantitative estimate of drug-likeness (QED) is 0.294. The number of carbonyl (C=O) groups excluding carboxylic acids is 2. The molecular formula is C30H35Cl2N3O4S. The van der Waals surface area contributed by atoms with Gasteiger partial charge in [0.25, 0.3) is 0 Å². The summed E-state index contributed by atoms with van der Waals surface area (Å²) in [6.07, 6.45) is 2.01. The minimum atomic E-state index is -3.84. The van der Waals surface area contributed by atoms with Crippen LogP contribution in [-0.4, -0.2) is 50.5 Å². The molecule has 0 aromatic heterocycles. The van der Waals surface area contributed by atoms with Crippen LogP contribution in [0.1, 0.15) is 35.6 Å². The van der Waals surface area contributed by atoms with Crippen LogP contribution >= 0.6 is 23.2 Å². The number of aryl methyl sites for hydroxylation is 2. The third-order valence-electron chi connectivity index (χ3n) is 6.63. The highest BCUT2D eigenvalue weighted by atomic mass is 35.5. The Kier molecular flexibility index (Phi) is 11.0. The zero-order chi connectivity index (χ0) is 29.4. The van der Waals surface area contributed by atoms with Gasteiger partial charge in [-0.1, -0.05) is 72.6 Å². The summed E-state index contributed by atoms with van der Waals surface area (Å²) in [4.78, 5) is 29.0. The number of carbonyl (C=O) groups is 2. The van der Waals surface area contributed by atoms with Crippen molar-refractivity contribution >= 4 is 50.7 Å². The zero-order valence-corrected chi connectivity index (χ0v) is 25.5. The Morgan fingerprint density at radius 3 is 2.25 bits per heavy atom. The number of nitrogens with zero attached hydrogens (tertiary/aromatic N) is 2. The van der Waals surface area contributed by atoms with E-state index in [1.54, 1.807) is 30.3 Å². The summed E-state index contributed by atoms with van der Waals surface area (Å²) in [5, 5.41) is 3.68. The highest BCUT2D eigenvalue weighted by molar-refractivity contribution is 7.92. The molecule has 0 heterocycles. The third-order valence-corrected chi connectivity index (χ3v) is 8.36. The molecule has 0 spiro atoms. The number of anilines is 1. The summed E-state index contributed by atoms with van der Waals surface area (Å²) in [5.41, 5.74) is 3.70. The van der Waals surface area contributed by atoms with E-state index in [1.807, 2.05) is 57.2 Å². The molecule has 0 aliphatic carbocycles. The van der Waals surface area contributed by atoms with Gasteiger partial charge < -0.3 is 10.2 Å². The lowest BCUT2D eigenvalue weighted by Crippen LogP contribution is -2.53. The average Bonchev–Trinajstić information content (AvgIpc) is 2.90. The van der Waals surface area contributed by atoms with Crippen LogP contribution in [0.2, 0.25) is 10.0 Å². The first kappa shape index (κ1) is 31.5. The van der Waals surface area contributed by atoms with E-state index < -0.39 is 28.5 Å². The predicted octanol–water partition coefficient (Wildman–Crippen LogP) is 5.54. The molecule has 0 aliphatic rings. The molecule has 3 aromatic carbocycles. The van der Waals surface area contributed by atoms with Gasteiger partial charge >= 0.3 is 0 Å². The Morgan fingerprint density at radius 2 is 1.65 bits per heavy atom. The first-order valence-electron chi connectivity index (χ1n) is 13.0. The number of benzene rings is 3. The highest BCUT2D eigenvalue weighted by Crippen LogP contribution is 2.26. The summed E-state index contributed by atoms with van der Waals surface area (Å²) < 4.78 is 26.9. The van der Waals surface area contributed by atoms with Gasteiger partial charge in [-0.3, -0.25) is 13.9 Å². The molecule has 0 fully saturated rings. The van der Waals surface area contributed by atoms with Gasteiger partial charge in [0, 0.05) is 29.6 Å². The van der Waals surface area contributed by atoms with Crippen LogP contribution in [0.4, 0.5) is 5.69 Å². The van der Waals surface area contributed by atoms with E-state index in [1.165, 1.54) is 4.90 Å². The van der Waals surface area contributed by atoms with Crippen LogP contribution in [-0.2, 0) is 32.6 Å². The summed E-state index contributed by atoms with van der Waals surface area (Å²) >= 11 is 12.6. The lowest BCUT2D eigenvalue weighted by molar-refractivity contribution is -0.140. The van der Waals surface area contributed by atoms with Crippen LogP contribution in [0.25, 0.3) is 0 Å². The summed E-state index contributed by atoms with van der Waals surface area (Å²) in [6, 6.07) is 18.6. The van der Waals surface area contributed by atoms with Crippen molar-refractivity contribution in [3.63, 3.8) is 0 Å². The lowest BCUT2D eigenvalue weighted by atomic mass is 10.0. The van der Waals surface area contributed by atoms with Crippen molar-refractivity contribution in [2.75, 3.05) is 23.7 Å². The largest absolute Gasteiger partial charge is 0.354 e. The average molecular weight is 605 g/mol. The molecule has 10 heteroatoms. The van der Waals surface area contributed by atoms with E-state index in [0.717, 1.165) is 33.7 Å². The molecule has 7 nitrogen and oxygen atoms in total. The minimum absolute atomic E-state index is 0.0175. The van der Waals surface area contributed by atoms with Crippen LogP contribution < -0.4 is 9.62 Å². The van der Waals surface area contributed by atoms with Crippen molar-refractivity contribution in [2.45, 2.75) is 46.2 Å². The maximum absolute atomic E-state index is 14.1. The second kappa shape index (κ2) is 14.0. The molecule has 1 unspecified atom stereocenters. The molecular weight excluding hydrogens is 569 g/mol. The van der Waals surface area contributed by atoms with Gasteiger partial charge in [-0.2, -0.15) is 0 Å². The predicted molar refractivity (Wildman–Crippen MR) is 162 cm³/mol. The van der Waals surface area contributed by atoms with Gasteiger partial charge in [0.15, 0.2) is 0 Å². The van der Waals surface area contributed by atoms with Gasteiger partial charge in [0.1, 0.15) is 12.6 Å². The molecule has 40 heavy (non-hydrogen) atoms. The van der Waals surface area contributed by atoms with E-state index in [-0.39, 0.29) is 18.9 Å². The fraction of sp³-hybridized carbons (Fsp3) is 0.333. The van der Waals surface area contributed by atoms with Gasteiger partial charge in [-0.25, -0.2) is 8.42 Å². The number of rotatable bonds is 12. The SMILES string of the molecule is CCCNC(=O)C(Cc1ccccc1)N(Cc1ccc(Cl)cc1Cl)C(=O)CN(c1ccc(C)c(C)c1)S(C)(=O)=O. The zero-order valence-electron chi connectivity index (χ0n) is 23.2. The van der Waals surface area contributed by atoms with Crippen LogP contribution in [0.5, 0.6) is 0 Å². The number of hydrogen-bond acceptors (Lipinski definition) is 4. The maximum Gasteiger partial charge on any atom is 0.244 e.